The molecule has 0 aliphatic rings. The summed E-state index contributed by atoms with van der Waals surface area (Å²) in [4.78, 5) is 13.0. The number of carbonyl (C=O) groups excluding carboxylic acids is 1. The summed E-state index contributed by atoms with van der Waals surface area (Å²) in [6, 6.07) is 7.98. The van der Waals surface area contributed by atoms with E-state index in [2.05, 4.69) is 21.2 Å². The van der Waals surface area contributed by atoms with Gasteiger partial charge >= 0.3 is 0 Å². The fraction of sp³-hybridized carbons (Fsp3) is 0.462. The van der Waals surface area contributed by atoms with Crippen molar-refractivity contribution < 1.29 is 4.79 Å². The highest BCUT2D eigenvalue weighted by molar-refractivity contribution is 9.10. The topological polar surface area (TPSA) is 29.1 Å². The van der Waals surface area contributed by atoms with Crippen molar-refractivity contribution in [3.8, 4) is 0 Å². The summed E-state index contributed by atoms with van der Waals surface area (Å²) < 4.78 is 1.05. The lowest BCUT2D eigenvalue weighted by molar-refractivity contribution is -0.121. The molecule has 1 unspecified atom stereocenters. The molecule has 1 aromatic rings. The summed E-state index contributed by atoms with van der Waals surface area (Å²) >= 11 is 4.96. The van der Waals surface area contributed by atoms with Crippen molar-refractivity contribution in [2.45, 2.75) is 43.4 Å². The van der Waals surface area contributed by atoms with E-state index in [1.807, 2.05) is 52.0 Å². The van der Waals surface area contributed by atoms with Gasteiger partial charge < -0.3 is 5.32 Å². The molecular formula is C13H18BrNOS. The summed E-state index contributed by atoms with van der Waals surface area (Å²) in [5.41, 5.74) is -0.175. The summed E-state index contributed by atoms with van der Waals surface area (Å²) in [7, 11) is 0. The van der Waals surface area contributed by atoms with Crippen LogP contribution in [0.25, 0.3) is 0 Å². The van der Waals surface area contributed by atoms with Gasteiger partial charge in [-0.15, -0.1) is 11.8 Å². The van der Waals surface area contributed by atoms with Crippen LogP contribution in [0.2, 0.25) is 0 Å². The zero-order valence-corrected chi connectivity index (χ0v) is 13.0. The van der Waals surface area contributed by atoms with E-state index in [9.17, 15) is 4.79 Å². The van der Waals surface area contributed by atoms with Gasteiger partial charge in [-0.25, -0.2) is 0 Å². The van der Waals surface area contributed by atoms with Crippen LogP contribution in [0.15, 0.2) is 33.6 Å². The molecule has 0 heterocycles. The number of rotatable bonds is 3. The molecule has 0 saturated carbocycles. The van der Waals surface area contributed by atoms with E-state index in [0.717, 1.165) is 9.37 Å². The lowest BCUT2D eigenvalue weighted by Gasteiger charge is -2.23. The summed E-state index contributed by atoms with van der Waals surface area (Å²) in [6.07, 6.45) is 0. The van der Waals surface area contributed by atoms with Crippen molar-refractivity contribution in [1.29, 1.82) is 0 Å². The van der Waals surface area contributed by atoms with Crippen molar-refractivity contribution in [3.05, 3.63) is 28.7 Å². The van der Waals surface area contributed by atoms with Crippen LogP contribution in [-0.2, 0) is 4.79 Å². The molecule has 1 rings (SSSR count). The maximum absolute atomic E-state index is 11.9. The number of benzene rings is 1. The van der Waals surface area contributed by atoms with Gasteiger partial charge in [0.25, 0.3) is 0 Å². The standard InChI is InChI=1S/C13H18BrNOS/c1-9(12(16)15-13(2,3)4)17-11-7-5-10(14)6-8-11/h5-9H,1-4H3,(H,15,16). The van der Waals surface area contributed by atoms with Gasteiger partial charge in [-0.1, -0.05) is 15.9 Å². The van der Waals surface area contributed by atoms with Gasteiger partial charge in [0.15, 0.2) is 0 Å². The SMILES string of the molecule is CC(Sc1ccc(Br)cc1)C(=O)NC(C)(C)C. The van der Waals surface area contributed by atoms with Crippen LogP contribution in [0.1, 0.15) is 27.7 Å². The fourth-order valence-corrected chi connectivity index (χ4v) is 2.37. The number of nitrogens with one attached hydrogen (secondary N) is 1. The fourth-order valence-electron chi connectivity index (χ4n) is 1.24. The average Bonchev–Trinajstić information content (AvgIpc) is 2.19. The van der Waals surface area contributed by atoms with E-state index >= 15 is 0 Å². The van der Waals surface area contributed by atoms with E-state index in [0.29, 0.717) is 0 Å². The molecule has 0 aromatic heterocycles. The number of carbonyl (C=O) groups is 1. The number of halogens is 1. The van der Waals surface area contributed by atoms with Gasteiger partial charge in [0.2, 0.25) is 5.91 Å². The Morgan fingerprint density at radius 2 is 1.82 bits per heavy atom. The first-order valence-electron chi connectivity index (χ1n) is 5.52. The highest BCUT2D eigenvalue weighted by atomic mass is 79.9. The maximum Gasteiger partial charge on any atom is 0.233 e. The Morgan fingerprint density at radius 3 is 2.29 bits per heavy atom. The molecule has 0 fully saturated rings. The third-order valence-corrected chi connectivity index (χ3v) is 3.63. The van der Waals surface area contributed by atoms with E-state index in [1.165, 1.54) is 0 Å². The highest BCUT2D eigenvalue weighted by Crippen LogP contribution is 2.25. The predicted molar refractivity (Wildman–Crippen MR) is 77.4 cm³/mol. The van der Waals surface area contributed by atoms with Gasteiger partial charge in [0.05, 0.1) is 5.25 Å². The summed E-state index contributed by atoms with van der Waals surface area (Å²) in [6.45, 7) is 7.89. The Bertz CT molecular complexity index is 383. The minimum absolute atomic E-state index is 0.0745. The number of amides is 1. The Balaban J connectivity index is 2.57. The third-order valence-electron chi connectivity index (χ3n) is 1.99. The molecular weight excluding hydrogens is 298 g/mol. The molecule has 0 spiro atoms. The first kappa shape index (κ1) is 14.6. The third kappa shape index (κ3) is 5.59. The van der Waals surface area contributed by atoms with Crippen LogP contribution in [0, 0.1) is 0 Å². The molecule has 4 heteroatoms. The Hall–Kier alpha value is -0.480. The second kappa shape index (κ2) is 5.91. The van der Waals surface area contributed by atoms with Crippen molar-refractivity contribution in [2.75, 3.05) is 0 Å². The predicted octanol–water partition coefficient (Wildman–Crippen LogP) is 3.84. The van der Waals surface area contributed by atoms with E-state index in [4.69, 9.17) is 0 Å². The first-order valence-corrected chi connectivity index (χ1v) is 7.19. The van der Waals surface area contributed by atoms with Crippen LogP contribution in [0.5, 0.6) is 0 Å². The number of thioether (sulfide) groups is 1. The van der Waals surface area contributed by atoms with Gasteiger partial charge in [-0.2, -0.15) is 0 Å². The van der Waals surface area contributed by atoms with Crippen LogP contribution >= 0.6 is 27.7 Å². The zero-order valence-electron chi connectivity index (χ0n) is 10.6. The van der Waals surface area contributed by atoms with Crippen LogP contribution < -0.4 is 5.32 Å². The molecule has 1 aromatic carbocycles. The van der Waals surface area contributed by atoms with Crippen molar-refractivity contribution in [1.82, 2.24) is 5.32 Å². The highest BCUT2D eigenvalue weighted by Gasteiger charge is 2.19. The molecule has 0 aliphatic carbocycles. The van der Waals surface area contributed by atoms with E-state index in [1.54, 1.807) is 11.8 Å². The molecule has 0 saturated heterocycles. The Morgan fingerprint density at radius 1 is 1.29 bits per heavy atom. The lowest BCUT2D eigenvalue weighted by Crippen LogP contribution is -2.44. The molecule has 2 nitrogen and oxygen atoms in total. The molecule has 1 amide bonds. The molecule has 0 aliphatic heterocycles. The van der Waals surface area contributed by atoms with Gasteiger partial charge in [-0.05, 0) is 52.0 Å². The van der Waals surface area contributed by atoms with E-state index < -0.39 is 0 Å². The lowest BCUT2D eigenvalue weighted by atomic mass is 10.1. The molecule has 1 atom stereocenters. The molecule has 17 heavy (non-hydrogen) atoms. The first-order chi connectivity index (χ1) is 7.78. The normalized spacial score (nSPS) is 13.2. The molecule has 0 bridgehead atoms. The van der Waals surface area contributed by atoms with Gasteiger partial charge in [0.1, 0.15) is 0 Å². The summed E-state index contributed by atoms with van der Waals surface area (Å²) in [5.74, 6) is 0.0745. The summed E-state index contributed by atoms with van der Waals surface area (Å²) in [5, 5.41) is 2.89. The van der Waals surface area contributed by atoms with Crippen molar-refractivity contribution >= 4 is 33.6 Å². The van der Waals surface area contributed by atoms with E-state index in [-0.39, 0.29) is 16.7 Å². The largest absolute Gasteiger partial charge is 0.351 e. The maximum atomic E-state index is 11.9. The zero-order chi connectivity index (χ0) is 13.1. The minimum Gasteiger partial charge on any atom is -0.351 e. The smallest absolute Gasteiger partial charge is 0.233 e. The van der Waals surface area contributed by atoms with Crippen molar-refractivity contribution in [3.63, 3.8) is 0 Å². The number of hydrogen-bond acceptors (Lipinski definition) is 2. The Kier molecular flexibility index (Phi) is 5.07. The monoisotopic (exact) mass is 315 g/mol. The van der Waals surface area contributed by atoms with Crippen LogP contribution in [0.4, 0.5) is 0 Å². The number of hydrogen-bond donors (Lipinski definition) is 1. The second-order valence-corrected chi connectivity index (χ2v) is 7.28. The Labute approximate surface area is 116 Å². The van der Waals surface area contributed by atoms with Gasteiger partial charge in [0, 0.05) is 14.9 Å². The van der Waals surface area contributed by atoms with Crippen molar-refractivity contribution in [2.24, 2.45) is 0 Å². The molecule has 94 valence electrons. The van der Waals surface area contributed by atoms with Crippen LogP contribution in [0.3, 0.4) is 0 Å². The van der Waals surface area contributed by atoms with Crippen LogP contribution in [-0.4, -0.2) is 16.7 Å². The molecule has 0 radical (unpaired) electrons. The quantitative estimate of drug-likeness (QED) is 0.858. The second-order valence-electron chi connectivity index (χ2n) is 4.95. The average molecular weight is 316 g/mol. The van der Waals surface area contributed by atoms with Gasteiger partial charge in [-0.3, -0.25) is 4.79 Å². The molecule has 1 N–H and O–H groups in total. The minimum atomic E-state index is -0.175.